The molecule has 0 heterocycles. The summed E-state index contributed by atoms with van der Waals surface area (Å²) in [5.41, 5.74) is -3.58. The van der Waals surface area contributed by atoms with Gasteiger partial charge in [-0.2, -0.15) is 13.2 Å². The lowest BCUT2D eigenvalue weighted by Crippen LogP contribution is -2.51. The third-order valence-electron chi connectivity index (χ3n) is 2.05. The van der Waals surface area contributed by atoms with Crippen LogP contribution in [0, 0.1) is 11.8 Å². The highest BCUT2D eigenvalue weighted by Crippen LogP contribution is 2.31. The van der Waals surface area contributed by atoms with Gasteiger partial charge in [0.25, 0.3) is 0 Å². The second-order valence-corrected chi connectivity index (χ2v) is 3.32. The van der Waals surface area contributed by atoms with Crippen molar-refractivity contribution >= 4 is 5.97 Å². The summed E-state index contributed by atoms with van der Waals surface area (Å²) in [7, 11) is 0.739. The average Bonchev–Trinajstić information content (AvgIpc) is 2.34. The molecule has 0 aliphatic carbocycles. The summed E-state index contributed by atoms with van der Waals surface area (Å²) in [6.07, 6.45) is -5.23. The predicted octanol–water partition coefficient (Wildman–Crippen LogP) is 1.50. The van der Waals surface area contributed by atoms with Crippen molar-refractivity contribution in [3.8, 4) is 11.8 Å². The van der Waals surface area contributed by atoms with Crippen LogP contribution in [0.5, 0.6) is 0 Å². The molecule has 1 aromatic rings. The first-order valence-corrected chi connectivity index (χ1v) is 4.77. The van der Waals surface area contributed by atoms with E-state index >= 15 is 0 Å². The Kier molecular flexibility index (Phi) is 3.99. The molecule has 0 aliphatic heterocycles. The maximum absolute atomic E-state index is 12.6. The molecule has 1 unspecified atom stereocenters. The summed E-state index contributed by atoms with van der Waals surface area (Å²) in [5, 5.41) is 9.30. The smallest absolute Gasteiger partial charge is 0.440 e. The normalized spacial score (nSPS) is 14.1. The summed E-state index contributed by atoms with van der Waals surface area (Å²) in [5.74, 6) is 1.73. The number of halogens is 3. The molecule has 0 saturated heterocycles. The van der Waals surface area contributed by atoms with E-state index in [2.05, 4.69) is 10.7 Å². The first kappa shape index (κ1) is 14.1. The molecule has 0 amide bonds. The van der Waals surface area contributed by atoms with E-state index in [1.54, 1.807) is 18.2 Å². The maximum atomic E-state index is 12.6. The summed E-state index contributed by atoms with van der Waals surface area (Å²) < 4.78 is 41.7. The molecule has 1 rings (SSSR count). The Balaban J connectivity index is 3.17. The Morgan fingerprint density at radius 2 is 1.83 bits per heavy atom. The van der Waals surface area contributed by atoms with Crippen LogP contribution in [0.3, 0.4) is 0 Å². The fourth-order valence-corrected chi connectivity index (χ4v) is 1.07. The van der Waals surface area contributed by atoms with Gasteiger partial charge in [-0.1, -0.05) is 24.1 Å². The van der Waals surface area contributed by atoms with Gasteiger partial charge < -0.3 is 9.84 Å². The van der Waals surface area contributed by atoms with Gasteiger partial charge in [0.2, 0.25) is 0 Å². The number of benzene rings is 1. The molecule has 0 fully saturated rings. The van der Waals surface area contributed by atoms with E-state index in [0.717, 1.165) is 7.11 Å². The zero-order chi connectivity index (χ0) is 13.8. The molecule has 3 nitrogen and oxygen atoms in total. The average molecular weight is 258 g/mol. The van der Waals surface area contributed by atoms with Crippen molar-refractivity contribution in [1.82, 2.24) is 0 Å². The van der Waals surface area contributed by atoms with E-state index < -0.39 is 17.7 Å². The van der Waals surface area contributed by atoms with Crippen LogP contribution in [0.4, 0.5) is 13.2 Å². The van der Waals surface area contributed by atoms with Crippen LogP contribution >= 0.6 is 0 Å². The highest BCUT2D eigenvalue weighted by atomic mass is 19.4. The molecule has 96 valence electrons. The lowest BCUT2D eigenvalue weighted by atomic mass is 10.0. The van der Waals surface area contributed by atoms with E-state index in [9.17, 15) is 23.1 Å². The monoisotopic (exact) mass is 258 g/mol. The van der Waals surface area contributed by atoms with E-state index in [0.29, 0.717) is 0 Å². The van der Waals surface area contributed by atoms with Gasteiger partial charge in [-0.05, 0) is 18.1 Å². The van der Waals surface area contributed by atoms with Gasteiger partial charge in [0, 0.05) is 5.56 Å². The van der Waals surface area contributed by atoms with E-state index in [1.165, 1.54) is 18.1 Å². The second-order valence-electron chi connectivity index (χ2n) is 3.32. The van der Waals surface area contributed by atoms with Crippen molar-refractivity contribution in [3.63, 3.8) is 0 Å². The van der Waals surface area contributed by atoms with Crippen LogP contribution in [0.1, 0.15) is 5.56 Å². The quantitative estimate of drug-likeness (QED) is 0.613. The van der Waals surface area contributed by atoms with E-state index in [4.69, 9.17) is 0 Å². The lowest BCUT2D eigenvalue weighted by molar-refractivity contribution is -0.241. The van der Waals surface area contributed by atoms with Crippen LogP contribution in [-0.4, -0.2) is 30.0 Å². The van der Waals surface area contributed by atoms with Gasteiger partial charge in [0.15, 0.2) is 0 Å². The molecule has 0 bridgehead atoms. The molecule has 1 atom stereocenters. The Morgan fingerprint density at radius 1 is 1.28 bits per heavy atom. The molecule has 0 spiro atoms. The zero-order valence-electron chi connectivity index (χ0n) is 9.28. The Morgan fingerprint density at radius 3 is 2.28 bits per heavy atom. The van der Waals surface area contributed by atoms with Crippen molar-refractivity contribution in [2.45, 2.75) is 11.8 Å². The minimum atomic E-state index is -5.23. The summed E-state index contributed by atoms with van der Waals surface area (Å²) in [6, 6.07) is 7.67. The van der Waals surface area contributed by atoms with Gasteiger partial charge in [-0.15, -0.1) is 0 Å². The highest BCUT2D eigenvalue weighted by molar-refractivity contribution is 5.84. The second kappa shape index (κ2) is 5.10. The van der Waals surface area contributed by atoms with Gasteiger partial charge in [-0.3, -0.25) is 0 Å². The molecule has 0 aromatic heterocycles. The van der Waals surface area contributed by atoms with Gasteiger partial charge in [-0.25, -0.2) is 4.79 Å². The van der Waals surface area contributed by atoms with Gasteiger partial charge in [0.05, 0.1) is 7.11 Å². The molecule has 0 radical (unpaired) electrons. The number of ether oxygens (including phenoxy) is 1. The first-order chi connectivity index (χ1) is 8.31. The molecular weight excluding hydrogens is 249 g/mol. The number of carbonyl (C=O) groups excluding carboxylic acids is 1. The van der Waals surface area contributed by atoms with Crippen LogP contribution in [0.2, 0.25) is 0 Å². The number of aliphatic hydroxyl groups is 1. The maximum Gasteiger partial charge on any atom is 0.440 e. The van der Waals surface area contributed by atoms with Crippen LogP contribution < -0.4 is 0 Å². The number of esters is 1. The molecular formula is C12H9F3O3. The topological polar surface area (TPSA) is 46.5 Å². The van der Waals surface area contributed by atoms with Crippen LogP contribution in [0.15, 0.2) is 30.3 Å². The number of methoxy groups -OCH3 is 1. The van der Waals surface area contributed by atoms with Crippen LogP contribution in [-0.2, 0) is 9.53 Å². The molecule has 0 saturated carbocycles. The van der Waals surface area contributed by atoms with Crippen molar-refractivity contribution in [1.29, 1.82) is 0 Å². The fourth-order valence-electron chi connectivity index (χ4n) is 1.07. The number of hydrogen-bond donors (Lipinski definition) is 1. The molecule has 6 heteroatoms. The third kappa shape index (κ3) is 2.81. The molecule has 1 aromatic carbocycles. The Labute approximate surface area is 101 Å². The van der Waals surface area contributed by atoms with Crippen molar-refractivity contribution in [2.75, 3.05) is 7.11 Å². The SMILES string of the molecule is COC(=O)C(O)(C#Cc1ccccc1)C(F)(F)F. The van der Waals surface area contributed by atoms with Crippen molar-refractivity contribution < 1.29 is 27.8 Å². The van der Waals surface area contributed by atoms with Gasteiger partial charge >= 0.3 is 17.7 Å². The zero-order valence-corrected chi connectivity index (χ0v) is 9.28. The molecule has 1 N–H and O–H groups in total. The third-order valence-corrected chi connectivity index (χ3v) is 2.05. The number of rotatable bonds is 1. The van der Waals surface area contributed by atoms with Crippen LogP contribution in [0.25, 0.3) is 0 Å². The number of carbonyl (C=O) groups is 1. The summed E-state index contributed by atoms with van der Waals surface area (Å²) in [6.45, 7) is 0. The van der Waals surface area contributed by atoms with Crippen molar-refractivity contribution in [2.24, 2.45) is 0 Å². The first-order valence-electron chi connectivity index (χ1n) is 4.77. The molecule has 18 heavy (non-hydrogen) atoms. The highest BCUT2D eigenvalue weighted by Gasteiger charge is 2.60. The number of hydrogen-bond acceptors (Lipinski definition) is 3. The Bertz CT molecular complexity index is 485. The largest absolute Gasteiger partial charge is 0.466 e. The predicted molar refractivity (Wildman–Crippen MR) is 56.3 cm³/mol. The summed E-state index contributed by atoms with van der Waals surface area (Å²) in [4.78, 5) is 11.0. The van der Waals surface area contributed by atoms with Gasteiger partial charge in [0.1, 0.15) is 0 Å². The van der Waals surface area contributed by atoms with E-state index in [1.807, 2.05) is 0 Å². The minimum Gasteiger partial charge on any atom is -0.466 e. The minimum absolute atomic E-state index is 0.240. The Hall–Kier alpha value is -2.00. The fraction of sp³-hybridized carbons (Fsp3) is 0.250. The lowest BCUT2D eigenvalue weighted by Gasteiger charge is -2.21. The standard InChI is InChI=1S/C12H9F3O3/c1-18-10(16)11(17,12(13,14)15)8-7-9-5-3-2-4-6-9/h2-6,17H,1H3. The molecule has 0 aliphatic rings. The van der Waals surface area contributed by atoms with E-state index in [-0.39, 0.29) is 5.56 Å². The summed E-state index contributed by atoms with van der Waals surface area (Å²) >= 11 is 0. The van der Waals surface area contributed by atoms with Crippen molar-refractivity contribution in [3.05, 3.63) is 35.9 Å². The number of alkyl halides is 3.